The van der Waals surface area contributed by atoms with Gasteiger partial charge in [0.1, 0.15) is 5.52 Å². The number of halogens is 1. The minimum atomic E-state index is -0.207. The molecule has 0 unspecified atom stereocenters. The molecule has 0 aliphatic rings. The zero-order valence-electron chi connectivity index (χ0n) is 7.63. The van der Waals surface area contributed by atoms with Gasteiger partial charge < -0.3 is 0 Å². The van der Waals surface area contributed by atoms with Crippen LogP contribution < -0.4 is 0 Å². The van der Waals surface area contributed by atoms with E-state index in [9.17, 15) is 4.39 Å². The maximum atomic E-state index is 13.5. The van der Waals surface area contributed by atoms with Crippen molar-refractivity contribution in [2.45, 2.75) is 13.8 Å². The number of nitrogens with zero attached hydrogens (tertiary/aromatic N) is 1. The first kappa shape index (κ1) is 8.17. The third-order valence-electron chi connectivity index (χ3n) is 2.26. The number of hydrogen-bond acceptors (Lipinski definition) is 1. The molecule has 0 bridgehead atoms. The highest BCUT2D eigenvalue weighted by Gasteiger charge is 2.05. The second kappa shape index (κ2) is 2.80. The fourth-order valence-corrected chi connectivity index (χ4v) is 1.42. The summed E-state index contributed by atoms with van der Waals surface area (Å²) in [7, 11) is 0. The summed E-state index contributed by atoms with van der Waals surface area (Å²) in [6.45, 7) is 3.71. The number of pyridine rings is 1. The maximum Gasteiger partial charge on any atom is 0.152 e. The van der Waals surface area contributed by atoms with E-state index in [0.29, 0.717) is 11.1 Å². The van der Waals surface area contributed by atoms with Crippen molar-refractivity contribution in [1.29, 1.82) is 0 Å². The number of aryl methyl sites for hydroxylation is 2. The predicted molar refractivity (Wildman–Crippen MR) is 51.2 cm³/mol. The Labute approximate surface area is 76.2 Å². The quantitative estimate of drug-likeness (QED) is 0.599. The van der Waals surface area contributed by atoms with E-state index in [2.05, 4.69) is 4.98 Å². The highest BCUT2D eigenvalue weighted by atomic mass is 19.1. The van der Waals surface area contributed by atoms with Crippen molar-refractivity contribution >= 4 is 10.9 Å². The van der Waals surface area contributed by atoms with Gasteiger partial charge in [-0.25, -0.2) is 4.39 Å². The molecular formula is C11H10FN. The van der Waals surface area contributed by atoms with Crippen LogP contribution in [0.4, 0.5) is 4.39 Å². The highest BCUT2D eigenvalue weighted by Crippen LogP contribution is 2.20. The van der Waals surface area contributed by atoms with Gasteiger partial charge in [-0.2, -0.15) is 0 Å². The molecule has 1 aromatic heterocycles. The molecule has 1 nitrogen and oxygen atoms in total. The van der Waals surface area contributed by atoms with Gasteiger partial charge in [-0.1, -0.05) is 12.1 Å². The van der Waals surface area contributed by atoms with E-state index in [0.717, 1.165) is 10.9 Å². The second-order valence-electron chi connectivity index (χ2n) is 3.22. The van der Waals surface area contributed by atoms with Crippen molar-refractivity contribution in [2.24, 2.45) is 0 Å². The fraction of sp³-hybridized carbons (Fsp3) is 0.182. The van der Waals surface area contributed by atoms with Crippen molar-refractivity contribution < 1.29 is 4.39 Å². The Morgan fingerprint density at radius 3 is 2.62 bits per heavy atom. The molecule has 2 heteroatoms. The average Bonchev–Trinajstić information content (AvgIpc) is 2.12. The first-order valence-electron chi connectivity index (χ1n) is 4.20. The van der Waals surface area contributed by atoms with E-state index in [1.165, 1.54) is 0 Å². The van der Waals surface area contributed by atoms with Crippen LogP contribution in [0.2, 0.25) is 0 Å². The first-order chi connectivity index (χ1) is 6.20. The van der Waals surface area contributed by atoms with Gasteiger partial charge in [0.2, 0.25) is 0 Å². The summed E-state index contributed by atoms with van der Waals surface area (Å²) in [5.74, 6) is -0.207. The van der Waals surface area contributed by atoms with E-state index in [-0.39, 0.29) is 5.82 Å². The lowest BCUT2D eigenvalue weighted by Crippen LogP contribution is -1.89. The van der Waals surface area contributed by atoms with Gasteiger partial charge in [0.25, 0.3) is 0 Å². The topological polar surface area (TPSA) is 12.9 Å². The monoisotopic (exact) mass is 175 g/mol. The van der Waals surface area contributed by atoms with Crippen molar-refractivity contribution in [1.82, 2.24) is 4.98 Å². The lowest BCUT2D eigenvalue weighted by atomic mass is 10.1. The Balaban J connectivity index is 2.94. The molecule has 0 aliphatic heterocycles. The normalized spacial score (nSPS) is 10.7. The van der Waals surface area contributed by atoms with Gasteiger partial charge in [0, 0.05) is 11.6 Å². The maximum absolute atomic E-state index is 13.5. The molecule has 1 aromatic carbocycles. The van der Waals surface area contributed by atoms with Crippen LogP contribution in [-0.2, 0) is 0 Å². The van der Waals surface area contributed by atoms with E-state index in [1.807, 2.05) is 19.1 Å². The smallest absolute Gasteiger partial charge is 0.152 e. The van der Waals surface area contributed by atoms with Crippen molar-refractivity contribution in [3.05, 3.63) is 41.3 Å². The summed E-state index contributed by atoms with van der Waals surface area (Å²) < 4.78 is 13.5. The molecule has 66 valence electrons. The largest absolute Gasteiger partial charge is 0.253 e. The molecule has 2 rings (SSSR count). The van der Waals surface area contributed by atoms with Crippen LogP contribution in [0.3, 0.4) is 0 Å². The Morgan fingerprint density at radius 2 is 1.85 bits per heavy atom. The summed E-state index contributed by atoms with van der Waals surface area (Å²) in [5, 5.41) is 0.894. The van der Waals surface area contributed by atoms with Gasteiger partial charge in [0.15, 0.2) is 5.82 Å². The predicted octanol–water partition coefficient (Wildman–Crippen LogP) is 2.99. The van der Waals surface area contributed by atoms with Crippen LogP contribution in [0.1, 0.15) is 11.1 Å². The minimum absolute atomic E-state index is 0.207. The molecule has 0 N–H and O–H groups in total. The van der Waals surface area contributed by atoms with E-state index >= 15 is 0 Å². The third-order valence-corrected chi connectivity index (χ3v) is 2.26. The van der Waals surface area contributed by atoms with Gasteiger partial charge in [-0.15, -0.1) is 0 Å². The summed E-state index contributed by atoms with van der Waals surface area (Å²) in [4.78, 5) is 4.03. The Kier molecular flexibility index (Phi) is 1.76. The van der Waals surface area contributed by atoms with Gasteiger partial charge in [-0.3, -0.25) is 4.98 Å². The number of aromatic nitrogens is 1. The molecule has 0 fully saturated rings. The van der Waals surface area contributed by atoms with Crippen LogP contribution in [-0.4, -0.2) is 4.98 Å². The number of rotatable bonds is 0. The molecule has 0 aliphatic carbocycles. The number of fused-ring (bicyclic) bond motifs is 1. The van der Waals surface area contributed by atoms with Crippen LogP contribution in [0.5, 0.6) is 0 Å². The number of hydrogen-bond donors (Lipinski definition) is 0. The number of benzene rings is 1. The Hall–Kier alpha value is -1.44. The van der Waals surface area contributed by atoms with E-state index in [1.54, 1.807) is 19.2 Å². The average molecular weight is 175 g/mol. The van der Waals surface area contributed by atoms with Crippen LogP contribution in [0, 0.1) is 19.7 Å². The lowest BCUT2D eigenvalue weighted by Gasteiger charge is -2.03. The minimum Gasteiger partial charge on any atom is -0.253 e. The lowest BCUT2D eigenvalue weighted by molar-refractivity contribution is 0.627. The van der Waals surface area contributed by atoms with Crippen LogP contribution in [0.25, 0.3) is 10.9 Å². The Bertz CT molecular complexity index is 463. The molecule has 1 heterocycles. The summed E-state index contributed by atoms with van der Waals surface area (Å²) in [6.07, 6.45) is 1.64. The summed E-state index contributed by atoms with van der Waals surface area (Å²) in [6, 6.07) is 5.58. The zero-order chi connectivity index (χ0) is 9.42. The molecule has 13 heavy (non-hydrogen) atoms. The SMILES string of the molecule is Cc1ccc2c(C)ccnc2c1F. The molecular weight excluding hydrogens is 165 g/mol. The van der Waals surface area contributed by atoms with Crippen LogP contribution >= 0.6 is 0 Å². The fourth-order valence-electron chi connectivity index (χ4n) is 1.42. The highest BCUT2D eigenvalue weighted by molar-refractivity contribution is 5.82. The first-order valence-corrected chi connectivity index (χ1v) is 4.20. The molecule has 0 amide bonds. The second-order valence-corrected chi connectivity index (χ2v) is 3.22. The molecule has 0 spiro atoms. The van der Waals surface area contributed by atoms with E-state index in [4.69, 9.17) is 0 Å². The third kappa shape index (κ3) is 1.18. The summed E-state index contributed by atoms with van der Waals surface area (Å²) >= 11 is 0. The molecule has 0 saturated carbocycles. The summed E-state index contributed by atoms with van der Waals surface area (Å²) in [5.41, 5.74) is 2.18. The zero-order valence-corrected chi connectivity index (χ0v) is 7.63. The van der Waals surface area contributed by atoms with Crippen molar-refractivity contribution in [3.8, 4) is 0 Å². The molecule has 0 atom stereocenters. The van der Waals surface area contributed by atoms with Gasteiger partial charge in [0.05, 0.1) is 0 Å². The van der Waals surface area contributed by atoms with Gasteiger partial charge >= 0.3 is 0 Å². The van der Waals surface area contributed by atoms with Crippen molar-refractivity contribution in [3.63, 3.8) is 0 Å². The van der Waals surface area contributed by atoms with Gasteiger partial charge in [-0.05, 0) is 31.0 Å². The van der Waals surface area contributed by atoms with E-state index < -0.39 is 0 Å². The molecule has 0 saturated heterocycles. The Morgan fingerprint density at radius 1 is 1.08 bits per heavy atom. The molecule has 2 aromatic rings. The molecule has 0 radical (unpaired) electrons. The van der Waals surface area contributed by atoms with Crippen molar-refractivity contribution in [2.75, 3.05) is 0 Å². The standard InChI is InChI=1S/C11H10FN/c1-7-5-6-13-11-9(7)4-3-8(2)10(11)12/h3-6H,1-2H3. The van der Waals surface area contributed by atoms with Crippen LogP contribution in [0.15, 0.2) is 24.4 Å².